The molecule has 0 atom stereocenters. The number of aryl methyl sites for hydroxylation is 2. The lowest BCUT2D eigenvalue weighted by molar-refractivity contribution is 0.820. The van der Waals surface area contributed by atoms with Gasteiger partial charge in [-0.05, 0) is 61.4 Å². The van der Waals surface area contributed by atoms with Gasteiger partial charge in [-0.2, -0.15) is 0 Å². The lowest BCUT2D eigenvalue weighted by Gasteiger charge is -2.24. The Labute approximate surface area is 68.3 Å². The van der Waals surface area contributed by atoms with E-state index in [4.69, 9.17) is 0 Å². The van der Waals surface area contributed by atoms with Crippen molar-refractivity contribution in [2.45, 2.75) is 33.6 Å². The van der Waals surface area contributed by atoms with Crippen molar-refractivity contribution >= 4 is 0 Å². The summed E-state index contributed by atoms with van der Waals surface area (Å²) in [6.07, 6.45) is 2.61. The van der Waals surface area contributed by atoms with E-state index in [2.05, 4.69) is 26.8 Å². The molecule has 0 aliphatic heterocycles. The third-order valence-electron chi connectivity index (χ3n) is 3.03. The molecule has 58 valence electrons. The van der Waals surface area contributed by atoms with Gasteiger partial charge in [-0.3, -0.25) is 0 Å². The van der Waals surface area contributed by atoms with Gasteiger partial charge in [0, 0.05) is 0 Å². The molecule has 0 heteroatoms. The van der Waals surface area contributed by atoms with Crippen LogP contribution in [0.25, 0.3) is 0 Å². The predicted molar refractivity (Wildman–Crippen MR) is 48.1 cm³/mol. The van der Waals surface area contributed by atoms with Crippen molar-refractivity contribution < 1.29 is 0 Å². The Hall–Kier alpha value is -0.780. The summed E-state index contributed by atoms with van der Waals surface area (Å²) in [7, 11) is 0. The highest BCUT2D eigenvalue weighted by atomic mass is 14.2. The molecule has 0 N–H and O–H groups in total. The van der Waals surface area contributed by atoms with E-state index in [0.29, 0.717) is 0 Å². The van der Waals surface area contributed by atoms with E-state index in [9.17, 15) is 0 Å². The van der Waals surface area contributed by atoms with Gasteiger partial charge in [0.25, 0.3) is 0 Å². The van der Waals surface area contributed by atoms with E-state index >= 15 is 0 Å². The standard InChI is InChI=1S/C11H14/c1-7-6-10-4-5-11(10)9(3)8(7)2/h6H,4-5H2,1-3H3. The van der Waals surface area contributed by atoms with Gasteiger partial charge in [0.05, 0.1) is 0 Å². The van der Waals surface area contributed by atoms with Crippen molar-refractivity contribution in [3.63, 3.8) is 0 Å². The normalized spacial score (nSPS) is 14.1. The Bertz CT molecular complexity index is 294. The van der Waals surface area contributed by atoms with E-state index in [1.54, 1.807) is 11.1 Å². The van der Waals surface area contributed by atoms with Crippen LogP contribution in [0.1, 0.15) is 27.8 Å². The molecule has 1 aromatic carbocycles. The zero-order chi connectivity index (χ0) is 8.01. The highest BCUT2D eigenvalue weighted by molar-refractivity contribution is 5.48. The molecule has 0 saturated heterocycles. The third-order valence-corrected chi connectivity index (χ3v) is 3.03. The maximum absolute atomic E-state index is 2.35. The predicted octanol–water partition coefficient (Wildman–Crippen LogP) is 2.71. The van der Waals surface area contributed by atoms with Crippen molar-refractivity contribution in [3.05, 3.63) is 33.9 Å². The van der Waals surface area contributed by atoms with Gasteiger partial charge in [0.15, 0.2) is 0 Å². The van der Waals surface area contributed by atoms with Gasteiger partial charge in [-0.15, -0.1) is 0 Å². The fourth-order valence-electron chi connectivity index (χ4n) is 1.87. The first-order valence-electron chi connectivity index (χ1n) is 4.28. The Morgan fingerprint density at radius 2 is 1.73 bits per heavy atom. The van der Waals surface area contributed by atoms with Crippen molar-refractivity contribution in [3.8, 4) is 0 Å². The molecule has 0 amide bonds. The number of hydrogen-bond donors (Lipinski definition) is 0. The molecule has 0 fully saturated rings. The Kier molecular flexibility index (Phi) is 1.32. The fraction of sp³-hybridized carbons (Fsp3) is 0.455. The zero-order valence-electron chi connectivity index (χ0n) is 7.49. The van der Waals surface area contributed by atoms with Crippen LogP contribution in [-0.4, -0.2) is 0 Å². The SMILES string of the molecule is Cc1cc2c(c(C)c1C)CC2. The average Bonchev–Trinajstić information content (AvgIpc) is 1.93. The summed E-state index contributed by atoms with van der Waals surface area (Å²) in [4.78, 5) is 0. The smallest absolute Gasteiger partial charge is 0.0233 e. The number of rotatable bonds is 0. The molecular formula is C11H14. The van der Waals surface area contributed by atoms with Gasteiger partial charge >= 0.3 is 0 Å². The molecule has 0 spiro atoms. The summed E-state index contributed by atoms with van der Waals surface area (Å²) >= 11 is 0. The van der Waals surface area contributed by atoms with Crippen LogP contribution in [0.3, 0.4) is 0 Å². The van der Waals surface area contributed by atoms with E-state index in [1.807, 2.05) is 0 Å². The third kappa shape index (κ3) is 0.819. The highest BCUT2D eigenvalue weighted by Gasteiger charge is 2.17. The first kappa shape index (κ1) is 6.90. The second-order valence-corrected chi connectivity index (χ2v) is 3.58. The Morgan fingerprint density at radius 1 is 1.00 bits per heavy atom. The largest absolute Gasteiger partial charge is 0.0555 e. The molecule has 0 nitrogen and oxygen atoms in total. The monoisotopic (exact) mass is 146 g/mol. The average molecular weight is 146 g/mol. The summed E-state index contributed by atoms with van der Waals surface area (Å²) in [5.41, 5.74) is 7.69. The van der Waals surface area contributed by atoms with E-state index < -0.39 is 0 Å². The van der Waals surface area contributed by atoms with Crippen LogP contribution in [0.15, 0.2) is 6.07 Å². The molecule has 11 heavy (non-hydrogen) atoms. The number of hydrogen-bond acceptors (Lipinski definition) is 0. The minimum absolute atomic E-state index is 1.30. The van der Waals surface area contributed by atoms with Gasteiger partial charge < -0.3 is 0 Å². The fourth-order valence-corrected chi connectivity index (χ4v) is 1.87. The van der Waals surface area contributed by atoms with Gasteiger partial charge in [-0.25, -0.2) is 0 Å². The number of benzene rings is 1. The molecule has 2 rings (SSSR count). The molecular weight excluding hydrogens is 132 g/mol. The second-order valence-electron chi connectivity index (χ2n) is 3.58. The van der Waals surface area contributed by atoms with Gasteiger partial charge in [0.2, 0.25) is 0 Å². The minimum Gasteiger partial charge on any atom is -0.0555 e. The van der Waals surface area contributed by atoms with Crippen LogP contribution >= 0.6 is 0 Å². The molecule has 0 radical (unpaired) electrons. The summed E-state index contributed by atoms with van der Waals surface area (Å²) in [6, 6.07) is 2.35. The summed E-state index contributed by atoms with van der Waals surface area (Å²) in [5.74, 6) is 0. The van der Waals surface area contributed by atoms with Crippen LogP contribution in [-0.2, 0) is 12.8 Å². The first-order valence-corrected chi connectivity index (χ1v) is 4.28. The van der Waals surface area contributed by atoms with E-state index in [-0.39, 0.29) is 0 Å². The van der Waals surface area contributed by atoms with Crippen molar-refractivity contribution in [2.75, 3.05) is 0 Å². The first-order chi connectivity index (χ1) is 5.20. The topological polar surface area (TPSA) is 0 Å². The van der Waals surface area contributed by atoms with Crippen LogP contribution < -0.4 is 0 Å². The molecule has 1 aliphatic carbocycles. The van der Waals surface area contributed by atoms with Gasteiger partial charge in [-0.1, -0.05) is 6.07 Å². The molecule has 0 aromatic heterocycles. The summed E-state index contributed by atoms with van der Waals surface area (Å²) < 4.78 is 0. The molecule has 0 saturated carbocycles. The Balaban J connectivity index is 2.70. The van der Waals surface area contributed by atoms with E-state index in [0.717, 1.165) is 0 Å². The van der Waals surface area contributed by atoms with E-state index in [1.165, 1.54) is 29.5 Å². The lowest BCUT2D eigenvalue weighted by Crippen LogP contribution is -2.12. The van der Waals surface area contributed by atoms with Gasteiger partial charge in [0.1, 0.15) is 0 Å². The number of fused-ring (bicyclic) bond motifs is 1. The second kappa shape index (κ2) is 2.10. The highest BCUT2D eigenvalue weighted by Crippen LogP contribution is 2.30. The van der Waals surface area contributed by atoms with Crippen LogP contribution in [0.2, 0.25) is 0 Å². The zero-order valence-corrected chi connectivity index (χ0v) is 7.49. The van der Waals surface area contributed by atoms with Crippen LogP contribution in [0.4, 0.5) is 0 Å². The molecule has 1 aliphatic rings. The quantitative estimate of drug-likeness (QED) is 0.528. The van der Waals surface area contributed by atoms with Crippen molar-refractivity contribution in [2.24, 2.45) is 0 Å². The van der Waals surface area contributed by atoms with Crippen molar-refractivity contribution in [1.29, 1.82) is 0 Å². The van der Waals surface area contributed by atoms with Crippen LogP contribution in [0.5, 0.6) is 0 Å². The van der Waals surface area contributed by atoms with Crippen LogP contribution in [0, 0.1) is 20.8 Å². The maximum atomic E-state index is 2.35. The maximum Gasteiger partial charge on any atom is -0.0233 e. The lowest BCUT2D eigenvalue weighted by atomic mass is 9.81. The minimum atomic E-state index is 1.30. The molecule has 0 unspecified atom stereocenters. The Morgan fingerprint density at radius 3 is 2.27 bits per heavy atom. The summed E-state index contributed by atoms with van der Waals surface area (Å²) in [6.45, 7) is 6.69. The molecule has 0 heterocycles. The van der Waals surface area contributed by atoms with Crippen molar-refractivity contribution in [1.82, 2.24) is 0 Å². The molecule has 0 bridgehead atoms. The summed E-state index contributed by atoms with van der Waals surface area (Å²) in [5, 5.41) is 0. The molecule has 1 aromatic rings.